The third kappa shape index (κ3) is 3.12. The summed E-state index contributed by atoms with van der Waals surface area (Å²) in [5.74, 6) is 1.67. The molecule has 2 aliphatic heterocycles. The maximum absolute atomic E-state index is 5.89. The Kier molecular flexibility index (Phi) is 4.17. The molecule has 126 valence electrons. The van der Waals surface area contributed by atoms with E-state index >= 15 is 0 Å². The molecule has 7 nitrogen and oxygen atoms in total. The first kappa shape index (κ1) is 15.1. The molecular weight excluding hydrogens is 304 g/mol. The molecule has 2 aromatic rings. The number of hydrogen-bond donors (Lipinski definition) is 2. The van der Waals surface area contributed by atoms with E-state index in [1.807, 2.05) is 29.1 Å². The molecule has 2 aliphatic rings. The molecule has 0 aromatic carbocycles. The lowest BCUT2D eigenvalue weighted by molar-refractivity contribution is 0.0992. The summed E-state index contributed by atoms with van der Waals surface area (Å²) in [6, 6.07) is 4.41. The van der Waals surface area contributed by atoms with Crippen LogP contribution in [-0.4, -0.2) is 45.8 Å². The van der Waals surface area contributed by atoms with E-state index in [0.29, 0.717) is 24.8 Å². The summed E-state index contributed by atoms with van der Waals surface area (Å²) in [5.41, 5.74) is 1.14. The van der Waals surface area contributed by atoms with Crippen LogP contribution in [0.5, 0.6) is 0 Å². The number of imidazole rings is 1. The summed E-state index contributed by atoms with van der Waals surface area (Å²) in [6.07, 6.45) is 11.4. The Balaban J connectivity index is 1.36. The van der Waals surface area contributed by atoms with Crippen LogP contribution in [0.25, 0.3) is 5.82 Å². The molecular formula is C17H22N6O. The smallest absolute Gasteiger partial charge is 0.191 e. The Hall–Kier alpha value is -2.41. The molecule has 2 N–H and O–H groups in total. The number of ether oxygens (including phenoxy) is 1. The van der Waals surface area contributed by atoms with E-state index < -0.39 is 0 Å². The summed E-state index contributed by atoms with van der Waals surface area (Å²) in [7, 11) is 1.80. The standard InChI is InChI=1S/C17H22N6O/c1-18-17(22-14-9-13-2-3-15(14)24-13)21-10-12-4-5-20-16(8-12)23-7-6-19-11-23/h4-8,11,13-15H,2-3,9-10H2,1H3,(H2,18,21,22). The SMILES string of the molecule is CN=C(NCc1ccnc(-n2ccnc2)c1)NC1CC2CCC1O2. The number of nitrogens with one attached hydrogen (secondary N) is 2. The topological polar surface area (TPSA) is 76.4 Å². The lowest BCUT2D eigenvalue weighted by Gasteiger charge is -2.22. The van der Waals surface area contributed by atoms with Gasteiger partial charge in [0.1, 0.15) is 12.1 Å². The second-order valence-corrected chi connectivity index (χ2v) is 6.28. The molecule has 0 radical (unpaired) electrons. The van der Waals surface area contributed by atoms with Crippen LogP contribution in [0.3, 0.4) is 0 Å². The van der Waals surface area contributed by atoms with Gasteiger partial charge in [-0.3, -0.25) is 9.56 Å². The fourth-order valence-corrected chi connectivity index (χ4v) is 3.45. The zero-order valence-electron chi connectivity index (χ0n) is 13.7. The minimum Gasteiger partial charge on any atom is -0.373 e. The number of rotatable bonds is 4. The van der Waals surface area contributed by atoms with Crippen molar-refractivity contribution in [1.29, 1.82) is 0 Å². The van der Waals surface area contributed by atoms with E-state index in [9.17, 15) is 0 Å². The van der Waals surface area contributed by atoms with Crippen molar-refractivity contribution in [3.8, 4) is 5.82 Å². The molecule has 2 aromatic heterocycles. The number of nitrogens with zero attached hydrogens (tertiary/aromatic N) is 4. The van der Waals surface area contributed by atoms with E-state index in [-0.39, 0.29) is 0 Å². The van der Waals surface area contributed by atoms with Crippen LogP contribution in [0.1, 0.15) is 24.8 Å². The van der Waals surface area contributed by atoms with Crippen molar-refractivity contribution in [3.05, 3.63) is 42.6 Å². The molecule has 4 rings (SSSR count). The second kappa shape index (κ2) is 6.60. The predicted octanol–water partition coefficient (Wildman–Crippen LogP) is 1.25. The van der Waals surface area contributed by atoms with Crippen molar-refractivity contribution in [2.75, 3.05) is 7.05 Å². The minimum absolute atomic E-state index is 0.335. The van der Waals surface area contributed by atoms with Crippen LogP contribution in [-0.2, 0) is 11.3 Å². The Morgan fingerprint density at radius 3 is 3.08 bits per heavy atom. The summed E-state index contributed by atoms with van der Waals surface area (Å²) >= 11 is 0. The Morgan fingerprint density at radius 1 is 1.42 bits per heavy atom. The molecule has 0 saturated carbocycles. The number of aromatic nitrogens is 3. The van der Waals surface area contributed by atoms with Gasteiger partial charge in [0.25, 0.3) is 0 Å². The van der Waals surface area contributed by atoms with Crippen LogP contribution >= 0.6 is 0 Å². The van der Waals surface area contributed by atoms with Crippen LogP contribution in [0.2, 0.25) is 0 Å². The van der Waals surface area contributed by atoms with Gasteiger partial charge in [-0.15, -0.1) is 0 Å². The Morgan fingerprint density at radius 2 is 2.38 bits per heavy atom. The van der Waals surface area contributed by atoms with Gasteiger partial charge in [-0.05, 0) is 37.0 Å². The average Bonchev–Trinajstić information content (AvgIpc) is 3.36. The summed E-state index contributed by atoms with van der Waals surface area (Å²) < 4.78 is 7.78. The van der Waals surface area contributed by atoms with Gasteiger partial charge < -0.3 is 15.4 Å². The van der Waals surface area contributed by atoms with E-state index in [1.165, 1.54) is 6.42 Å². The van der Waals surface area contributed by atoms with Crippen molar-refractivity contribution in [2.24, 2.45) is 4.99 Å². The molecule has 2 fully saturated rings. The maximum atomic E-state index is 5.89. The number of aliphatic imine (C=N–C) groups is 1. The van der Waals surface area contributed by atoms with Crippen molar-refractivity contribution < 1.29 is 4.74 Å². The fraction of sp³-hybridized carbons (Fsp3) is 0.471. The van der Waals surface area contributed by atoms with Gasteiger partial charge in [0, 0.05) is 32.2 Å². The zero-order chi connectivity index (χ0) is 16.4. The maximum Gasteiger partial charge on any atom is 0.191 e. The van der Waals surface area contributed by atoms with E-state index in [2.05, 4.69) is 25.6 Å². The van der Waals surface area contributed by atoms with E-state index in [1.54, 1.807) is 19.6 Å². The molecule has 4 heterocycles. The van der Waals surface area contributed by atoms with Gasteiger partial charge >= 0.3 is 0 Å². The summed E-state index contributed by atoms with van der Waals surface area (Å²) in [5, 5.41) is 6.87. The summed E-state index contributed by atoms with van der Waals surface area (Å²) in [6.45, 7) is 0.686. The van der Waals surface area contributed by atoms with Gasteiger partial charge in [-0.2, -0.15) is 0 Å². The van der Waals surface area contributed by atoms with Crippen LogP contribution in [0.4, 0.5) is 0 Å². The predicted molar refractivity (Wildman–Crippen MR) is 91.0 cm³/mol. The van der Waals surface area contributed by atoms with Crippen molar-refractivity contribution in [2.45, 2.75) is 44.1 Å². The van der Waals surface area contributed by atoms with Gasteiger partial charge in [-0.1, -0.05) is 0 Å². The van der Waals surface area contributed by atoms with E-state index in [0.717, 1.165) is 30.2 Å². The molecule has 0 aliphatic carbocycles. The van der Waals surface area contributed by atoms with Crippen LogP contribution in [0.15, 0.2) is 42.0 Å². The highest BCUT2D eigenvalue weighted by Gasteiger charge is 2.41. The lowest BCUT2D eigenvalue weighted by atomic mass is 9.96. The highest BCUT2D eigenvalue weighted by atomic mass is 16.5. The quantitative estimate of drug-likeness (QED) is 0.653. The number of fused-ring (bicyclic) bond motifs is 2. The molecule has 3 atom stereocenters. The molecule has 0 spiro atoms. The van der Waals surface area contributed by atoms with Crippen molar-refractivity contribution in [1.82, 2.24) is 25.2 Å². The van der Waals surface area contributed by atoms with Gasteiger partial charge in [0.2, 0.25) is 0 Å². The van der Waals surface area contributed by atoms with Crippen LogP contribution in [0, 0.1) is 0 Å². The lowest BCUT2D eigenvalue weighted by Crippen LogP contribution is -2.47. The molecule has 2 saturated heterocycles. The molecule has 3 unspecified atom stereocenters. The van der Waals surface area contributed by atoms with Gasteiger partial charge in [0.05, 0.1) is 18.2 Å². The van der Waals surface area contributed by atoms with Gasteiger partial charge in [-0.25, -0.2) is 9.97 Å². The molecule has 0 amide bonds. The third-order valence-electron chi connectivity index (χ3n) is 4.69. The highest BCUT2D eigenvalue weighted by molar-refractivity contribution is 5.80. The Labute approximate surface area is 141 Å². The van der Waals surface area contributed by atoms with Crippen LogP contribution < -0.4 is 10.6 Å². The summed E-state index contributed by atoms with van der Waals surface area (Å²) in [4.78, 5) is 12.8. The first-order valence-corrected chi connectivity index (χ1v) is 8.38. The highest BCUT2D eigenvalue weighted by Crippen LogP contribution is 2.34. The normalized spacial score (nSPS) is 25.9. The largest absolute Gasteiger partial charge is 0.373 e. The fourth-order valence-electron chi connectivity index (χ4n) is 3.45. The average molecular weight is 326 g/mol. The first-order valence-electron chi connectivity index (χ1n) is 8.38. The molecule has 2 bridgehead atoms. The number of pyridine rings is 1. The van der Waals surface area contributed by atoms with Crippen molar-refractivity contribution in [3.63, 3.8) is 0 Å². The third-order valence-corrected chi connectivity index (χ3v) is 4.69. The molecule has 7 heteroatoms. The minimum atomic E-state index is 0.335. The van der Waals surface area contributed by atoms with Crippen molar-refractivity contribution >= 4 is 5.96 Å². The van der Waals surface area contributed by atoms with E-state index in [4.69, 9.17) is 4.74 Å². The van der Waals surface area contributed by atoms with Gasteiger partial charge in [0.15, 0.2) is 5.96 Å². The zero-order valence-corrected chi connectivity index (χ0v) is 13.7. The first-order chi connectivity index (χ1) is 11.8. The number of guanidine groups is 1. The Bertz CT molecular complexity index is 714. The molecule has 24 heavy (non-hydrogen) atoms. The number of hydrogen-bond acceptors (Lipinski definition) is 4. The monoisotopic (exact) mass is 326 g/mol. The second-order valence-electron chi connectivity index (χ2n) is 6.28.